The van der Waals surface area contributed by atoms with Crippen molar-refractivity contribution in [3.05, 3.63) is 35.1 Å². The highest BCUT2D eigenvalue weighted by Crippen LogP contribution is 2.33. The maximum absolute atomic E-state index is 13.7. The lowest BCUT2D eigenvalue weighted by Crippen LogP contribution is -2.47. The average Bonchev–Trinajstić information content (AvgIpc) is 2.62. The highest BCUT2D eigenvalue weighted by atomic mass is 127. The molecule has 0 bridgehead atoms. The molecule has 0 radical (unpaired) electrons. The van der Waals surface area contributed by atoms with Gasteiger partial charge in [-0.25, -0.2) is 12.8 Å². The minimum atomic E-state index is -3.21. The summed E-state index contributed by atoms with van der Waals surface area (Å²) in [5, 5.41) is 6.51. The quantitative estimate of drug-likeness (QED) is 0.319. The fraction of sp³-hybridized carbons (Fsp3) is 0.667. The SMILES string of the molecule is CN=C(NCc1cc(F)ccc1CS(C)(=O)=O)NCC1CCCOC1C(C)(C)C.I. The fourth-order valence-corrected chi connectivity index (χ4v) is 4.67. The number of hydrogen-bond donors (Lipinski definition) is 2. The zero-order chi connectivity index (χ0) is 21.7. The molecule has 30 heavy (non-hydrogen) atoms. The topological polar surface area (TPSA) is 79.8 Å². The van der Waals surface area contributed by atoms with Crippen molar-refractivity contribution in [2.24, 2.45) is 16.3 Å². The van der Waals surface area contributed by atoms with Gasteiger partial charge in [-0.3, -0.25) is 4.99 Å². The van der Waals surface area contributed by atoms with Crippen molar-refractivity contribution in [3.63, 3.8) is 0 Å². The Balaban J connectivity index is 0.00000450. The van der Waals surface area contributed by atoms with Crippen LogP contribution in [0.4, 0.5) is 4.39 Å². The van der Waals surface area contributed by atoms with Crippen molar-refractivity contribution in [3.8, 4) is 0 Å². The molecule has 2 N–H and O–H groups in total. The average molecular weight is 555 g/mol. The number of rotatable bonds is 6. The van der Waals surface area contributed by atoms with Crippen molar-refractivity contribution < 1.29 is 17.5 Å². The first-order valence-corrected chi connectivity index (χ1v) is 12.1. The number of guanidine groups is 1. The van der Waals surface area contributed by atoms with Crippen molar-refractivity contribution in [2.75, 3.05) is 26.5 Å². The second-order valence-electron chi connectivity index (χ2n) is 8.85. The Morgan fingerprint density at radius 2 is 1.97 bits per heavy atom. The summed E-state index contributed by atoms with van der Waals surface area (Å²) >= 11 is 0. The first-order chi connectivity index (χ1) is 13.5. The van der Waals surface area contributed by atoms with E-state index in [1.54, 1.807) is 7.05 Å². The van der Waals surface area contributed by atoms with E-state index in [4.69, 9.17) is 4.74 Å². The molecule has 1 heterocycles. The molecule has 9 heteroatoms. The van der Waals surface area contributed by atoms with E-state index in [0.717, 1.165) is 26.0 Å². The van der Waals surface area contributed by atoms with E-state index < -0.39 is 15.7 Å². The van der Waals surface area contributed by atoms with E-state index in [-0.39, 0.29) is 47.8 Å². The third kappa shape index (κ3) is 8.66. The van der Waals surface area contributed by atoms with E-state index in [9.17, 15) is 12.8 Å². The summed E-state index contributed by atoms with van der Waals surface area (Å²) in [4.78, 5) is 4.24. The van der Waals surface area contributed by atoms with Crippen LogP contribution >= 0.6 is 24.0 Å². The number of halogens is 2. The fourth-order valence-electron chi connectivity index (χ4n) is 3.82. The lowest BCUT2D eigenvalue weighted by molar-refractivity contribution is -0.0835. The maximum atomic E-state index is 13.7. The van der Waals surface area contributed by atoms with Crippen LogP contribution in [0.15, 0.2) is 23.2 Å². The van der Waals surface area contributed by atoms with Gasteiger partial charge >= 0.3 is 0 Å². The van der Waals surface area contributed by atoms with Gasteiger partial charge in [-0.2, -0.15) is 0 Å². The molecule has 1 aromatic carbocycles. The lowest BCUT2D eigenvalue weighted by Gasteiger charge is -2.40. The molecular weight excluding hydrogens is 520 g/mol. The van der Waals surface area contributed by atoms with Gasteiger partial charge in [-0.15, -0.1) is 24.0 Å². The Hall–Kier alpha value is -0.940. The number of aliphatic imine (C=N–C) groups is 1. The first-order valence-electron chi connectivity index (χ1n) is 10.0. The van der Waals surface area contributed by atoms with Gasteiger partial charge in [0.15, 0.2) is 15.8 Å². The van der Waals surface area contributed by atoms with Gasteiger partial charge in [-0.1, -0.05) is 26.8 Å². The predicted molar refractivity (Wildman–Crippen MR) is 130 cm³/mol. The predicted octanol–water partition coefficient (Wildman–Crippen LogP) is 3.49. The second kappa shape index (κ2) is 11.6. The Bertz CT molecular complexity index is 825. The van der Waals surface area contributed by atoms with Crippen LogP contribution in [0.25, 0.3) is 0 Å². The standard InChI is InChI=1S/C21H34FN3O3S.HI/c1-21(2,3)19-15(7-6-10-28-19)12-24-20(23-4)25-13-17-11-18(22)9-8-16(17)14-29(5,26)27;/h8-9,11,15,19H,6-7,10,12-14H2,1-5H3,(H2,23,24,25);1H. The summed E-state index contributed by atoms with van der Waals surface area (Å²) in [5.74, 6) is 0.452. The number of ether oxygens (including phenoxy) is 1. The molecule has 0 aliphatic carbocycles. The second-order valence-corrected chi connectivity index (χ2v) is 11.0. The van der Waals surface area contributed by atoms with Crippen LogP contribution in [-0.2, 0) is 26.9 Å². The van der Waals surface area contributed by atoms with Crippen LogP contribution in [0.2, 0.25) is 0 Å². The summed E-state index contributed by atoms with van der Waals surface area (Å²) in [5.41, 5.74) is 1.25. The molecule has 1 aliphatic rings. The molecule has 1 aliphatic heterocycles. The molecule has 1 aromatic rings. The Morgan fingerprint density at radius 3 is 2.57 bits per heavy atom. The summed E-state index contributed by atoms with van der Waals surface area (Å²) < 4.78 is 43.0. The molecule has 0 spiro atoms. The van der Waals surface area contributed by atoms with Crippen molar-refractivity contribution in [1.82, 2.24) is 10.6 Å². The van der Waals surface area contributed by atoms with Crippen LogP contribution in [0, 0.1) is 17.2 Å². The van der Waals surface area contributed by atoms with Crippen LogP contribution in [0.3, 0.4) is 0 Å². The van der Waals surface area contributed by atoms with Gasteiger partial charge in [0.1, 0.15) is 5.82 Å². The number of benzene rings is 1. The zero-order valence-corrected chi connectivity index (χ0v) is 21.6. The van der Waals surface area contributed by atoms with Gasteiger partial charge in [0.2, 0.25) is 0 Å². The van der Waals surface area contributed by atoms with Crippen LogP contribution in [-0.4, -0.2) is 46.9 Å². The monoisotopic (exact) mass is 555 g/mol. The van der Waals surface area contributed by atoms with E-state index in [0.29, 0.717) is 23.0 Å². The molecular formula is C21H35FIN3O3S. The summed E-state index contributed by atoms with van der Waals surface area (Å²) in [6, 6.07) is 4.18. The molecule has 1 saturated heterocycles. The summed E-state index contributed by atoms with van der Waals surface area (Å²) in [7, 11) is -1.53. The van der Waals surface area contributed by atoms with Crippen LogP contribution in [0.1, 0.15) is 44.7 Å². The Kier molecular flexibility index (Phi) is 10.5. The Morgan fingerprint density at radius 1 is 1.27 bits per heavy atom. The number of sulfone groups is 1. The summed E-state index contributed by atoms with van der Waals surface area (Å²) in [6.07, 6.45) is 3.48. The van der Waals surface area contributed by atoms with E-state index in [1.165, 1.54) is 24.5 Å². The zero-order valence-electron chi connectivity index (χ0n) is 18.5. The van der Waals surface area contributed by atoms with Gasteiger partial charge in [0.25, 0.3) is 0 Å². The third-order valence-electron chi connectivity index (χ3n) is 5.09. The normalized spacial score (nSPS) is 20.4. The molecule has 172 valence electrons. The highest BCUT2D eigenvalue weighted by Gasteiger charge is 2.35. The molecule has 0 amide bonds. The minimum Gasteiger partial charge on any atom is -0.377 e. The number of nitrogens with one attached hydrogen (secondary N) is 2. The molecule has 1 fully saturated rings. The van der Waals surface area contributed by atoms with Gasteiger partial charge in [0.05, 0.1) is 11.9 Å². The Labute approximate surface area is 197 Å². The molecule has 0 saturated carbocycles. The molecule has 2 rings (SSSR count). The first kappa shape index (κ1) is 27.1. The number of nitrogens with zero attached hydrogens (tertiary/aromatic N) is 1. The maximum Gasteiger partial charge on any atom is 0.191 e. The van der Waals surface area contributed by atoms with E-state index in [2.05, 4.69) is 36.4 Å². The lowest BCUT2D eigenvalue weighted by atomic mass is 9.78. The molecule has 0 aromatic heterocycles. The van der Waals surface area contributed by atoms with E-state index in [1.807, 2.05) is 0 Å². The van der Waals surface area contributed by atoms with Crippen molar-refractivity contribution in [2.45, 2.75) is 52.0 Å². The third-order valence-corrected chi connectivity index (χ3v) is 5.92. The largest absolute Gasteiger partial charge is 0.377 e. The van der Waals surface area contributed by atoms with Gasteiger partial charge < -0.3 is 15.4 Å². The molecule has 2 unspecified atom stereocenters. The van der Waals surface area contributed by atoms with E-state index >= 15 is 0 Å². The van der Waals surface area contributed by atoms with Crippen molar-refractivity contribution >= 4 is 39.8 Å². The van der Waals surface area contributed by atoms with Crippen LogP contribution in [0.5, 0.6) is 0 Å². The molecule has 2 atom stereocenters. The number of hydrogen-bond acceptors (Lipinski definition) is 4. The molecule has 6 nitrogen and oxygen atoms in total. The van der Waals surface area contributed by atoms with Crippen LogP contribution < -0.4 is 10.6 Å². The smallest absolute Gasteiger partial charge is 0.191 e. The van der Waals surface area contributed by atoms with Gasteiger partial charge in [-0.05, 0) is 41.5 Å². The van der Waals surface area contributed by atoms with Crippen molar-refractivity contribution in [1.29, 1.82) is 0 Å². The summed E-state index contributed by atoms with van der Waals surface area (Å²) in [6.45, 7) is 8.38. The highest BCUT2D eigenvalue weighted by molar-refractivity contribution is 14.0. The van der Waals surface area contributed by atoms with Gasteiger partial charge in [0, 0.05) is 38.9 Å². The minimum absolute atomic E-state index is 0.